The van der Waals surface area contributed by atoms with E-state index in [9.17, 15) is 14.0 Å². The molecule has 0 saturated heterocycles. The highest BCUT2D eigenvalue weighted by atomic mass is 19.1. The molecule has 0 saturated carbocycles. The molecule has 2 aromatic rings. The first-order valence-electron chi connectivity index (χ1n) is 6.99. The smallest absolute Gasteiger partial charge is 0.188 e. The fraction of sp³-hybridized carbons (Fsp3) is 0.0526. The SMILES string of the molecule is O=C(/C=C/c1cccc(/C=C/C(=O)c2ccccc2F)c1)CO. The van der Waals surface area contributed by atoms with E-state index in [1.165, 1.54) is 30.4 Å². The van der Waals surface area contributed by atoms with Gasteiger partial charge in [-0.1, -0.05) is 42.5 Å². The van der Waals surface area contributed by atoms with Crippen LogP contribution in [-0.4, -0.2) is 23.3 Å². The average Bonchev–Trinajstić information content (AvgIpc) is 2.58. The number of rotatable bonds is 6. The molecule has 1 N–H and O–H groups in total. The number of benzene rings is 2. The summed E-state index contributed by atoms with van der Waals surface area (Å²) in [5.74, 6) is -1.36. The van der Waals surface area contributed by atoms with Gasteiger partial charge in [-0.2, -0.15) is 0 Å². The van der Waals surface area contributed by atoms with Gasteiger partial charge in [-0.3, -0.25) is 9.59 Å². The van der Waals surface area contributed by atoms with Crippen molar-refractivity contribution in [1.29, 1.82) is 0 Å². The topological polar surface area (TPSA) is 54.4 Å². The van der Waals surface area contributed by atoms with Gasteiger partial charge in [0, 0.05) is 0 Å². The fourth-order valence-corrected chi connectivity index (χ4v) is 1.93. The van der Waals surface area contributed by atoms with Crippen LogP contribution in [0.2, 0.25) is 0 Å². The maximum Gasteiger partial charge on any atom is 0.188 e. The van der Waals surface area contributed by atoms with Crippen molar-refractivity contribution in [2.24, 2.45) is 0 Å². The lowest BCUT2D eigenvalue weighted by atomic mass is 10.1. The van der Waals surface area contributed by atoms with Gasteiger partial charge in [-0.05, 0) is 41.5 Å². The summed E-state index contributed by atoms with van der Waals surface area (Å²) in [6.45, 7) is -0.534. The number of hydrogen-bond donors (Lipinski definition) is 1. The minimum atomic E-state index is -0.554. The van der Waals surface area contributed by atoms with Crippen molar-refractivity contribution in [3.05, 3.63) is 83.2 Å². The molecule has 3 nitrogen and oxygen atoms in total. The van der Waals surface area contributed by atoms with Gasteiger partial charge < -0.3 is 5.11 Å². The number of halogens is 1. The molecule has 0 radical (unpaired) electrons. The van der Waals surface area contributed by atoms with Gasteiger partial charge in [0.2, 0.25) is 0 Å². The Bertz CT molecular complexity index is 776. The maximum absolute atomic E-state index is 13.5. The summed E-state index contributed by atoms with van der Waals surface area (Å²) in [6, 6.07) is 12.9. The highest BCUT2D eigenvalue weighted by Gasteiger charge is 2.06. The van der Waals surface area contributed by atoms with Crippen LogP contribution in [-0.2, 0) is 4.79 Å². The Kier molecular flexibility index (Phi) is 5.72. The van der Waals surface area contributed by atoms with Crippen molar-refractivity contribution in [2.45, 2.75) is 0 Å². The Labute approximate surface area is 133 Å². The van der Waals surface area contributed by atoms with E-state index >= 15 is 0 Å². The van der Waals surface area contributed by atoms with Crippen LogP contribution < -0.4 is 0 Å². The molecule has 23 heavy (non-hydrogen) atoms. The minimum absolute atomic E-state index is 0.0216. The van der Waals surface area contributed by atoms with Crippen LogP contribution in [0.4, 0.5) is 4.39 Å². The van der Waals surface area contributed by atoms with E-state index in [-0.39, 0.29) is 11.3 Å². The third-order valence-corrected chi connectivity index (χ3v) is 3.09. The van der Waals surface area contributed by atoms with Gasteiger partial charge in [0.1, 0.15) is 12.4 Å². The zero-order chi connectivity index (χ0) is 16.7. The molecule has 0 spiro atoms. The second-order valence-corrected chi connectivity index (χ2v) is 4.81. The number of ketones is 2. The Morgan fingerprint density at radius 2 is 1.61 bits per heavy atom. The summed E-state index contributed by atoms with van der Waals surface area (Å²) >= 11 is 0. The number of allylic oxidation sites excluding steroid dienone is 1. The van der Waals surface area contributed by atoms with E-state index in [1.54, 1.807) is 42.5 Å². The van der Waals surface area contributed by atoms with Crippen LogP contribution in [0.25, 0.3) is 12.2 Å². The van der Waals surface area contributed by atoms with E-state index in [0.717, 1.165) is 11.1 Å². The molecule has 0 aromatic heterocycles. The summed E-state index contributed by atoms with van der Waals surface area (Å²) < 4.78 is 13.5. The largest absolute Gasteiger partial charge is 0.388 e. The average molecular weight is 310 g/mol. The zero-order valence-electron chi connectivity index (χ0n) is 12.3. The standard InChI is InChI=1S/C19H15FO3/c20-18-7-2-1-6-17(18)19(23)11-9-15-5-3-4-14(12-15)8-10-16(22)13-21/h1-12,21H,13H2/b10-8+,11-9+. The van der Waals surface area contributed by atoms with Crippen LogP contribution in [0.1, 0.15) is 21.5 Å². The van der Waals surface area contributed by atoms with Crippen molar-refractivity contribution in [3.63, 3.8) is 0 Å². The monoisotopic (exact) mass is 310 g/mol. The molecular formula is C19H15FO3. The molecule has 0 aliphatic heterocycles. The van der Waals surface area contributed by atoms with E-state index in [1.807, 2.05) is 0 Å². The van der Waals surface area contributed by atoms with Gasteiger partial charge in [-0.15, -0.1) is 0 Å². The predicted molar refractivity (Wildman–Crippen MR) is 87.3 cm³/mol. The van der Waals surface area contributed by atoms with Crippen molar-refractivity contribution < 1.29 is 19.1 Å². The lowest BCUT2D eigenvalue weighted by Gasteiger charge is -1.99. The zero-order valence-corrected chi connectivity index (χ0v) is 12.3. The van der Waals surface area contributed by atoms with Crippen molar-refractivity contribution in [2.75, 3.05) is 6.61 Å². The summed E-state index contributed by atoms with van der Waals surface area (Å²) in [6.07, 6.45) is 5.75. The van der Waals surface area contributed by atoms with Crippen molar-refractivity contribution >= 4 is 23.7 Å². The van der Waals surface area contributed by atoms with Gasteiger partial charge in [0.05, 0.1) is 5.56 Å². The molecule has 0 atom stereocenters. The van der Waals surface area contributed by atoms with Crippen LogP contribution >= 0.6 is 0 Å². The summed E-state index contributed by atoms with van der Waals surface area (Å²) in [5.41, 5.74) is 1.52. The first-order valence-corrected chi connectivity index (χ1v) is 6.99. The van der Waals surface area contributed by atoms with Gasteiger partial charge in [0.25, 0.3) is 0 Å². The fourth-order valence-electron chi connectivity index (χ4n) is 1.93. The van der Waals surface area contributed by atoms with Gasteiger partial charge in [0.15, 0.2) is 11.6 Å². The minimum Gasteiger partial charge on any atom is -0.388 e. The molecule has 0 fully saturated rings. The molecule has 0 aliphatic rings. The van der Waals surface area contributed by atoms with Gasteiger partial charge >= 0.3 is 0 Å². The van der Waals surface area contributed by atoms with Crippen LogP contribution in [0.15, 0.2) is 60.7 Å². The Balaban J connectivity index is 2.14. The lowest BCUT2D eigenvalue weighted by Crippen LogP contribution is -1.98. The molecule has 0 unspecified atom stereocenters. The van der Waals surface area contributed by atoms with E-state index in [0.29, 0.717) is 0 Å². The van der Waals surface area contributed by atoms with E-state index in [2.05, 4.69) is 0 Å². The van der Waals surface area contributed by atoms with Crippen LogP contribution in [0.3, 0.4) is 0 Å². The number of aliphatic hydroxyl groups is 1. The Hall–Kier alpha value is -2.85. The van der Waals surface area contributed by atoms with Gasteiger partial charge in [-0.25, -0.2) is 4.39 Å². The normalized spacial score (nSPS) is 11.2. The quantitative estimate of drug-likeness (QED) is 0.658. The molecule has 4 heteroatoms. The number of carbonyl (C=O) groups is 2. The molecule has 0 amide bonds. The Morgan fingerprint density at radius 3 is 2.26 bits per heavy atom. The third kappa shape index (κ3) is 4.83. The Morgan fingerprint density at radius 1 is 0.957 bits per heavy atom. The van der Waals surface area contributed by atoms with E-state index < -0.39 is 18.2 Å². The van der Waals surface area contributed by atoms with Crippen molar-refractivity contribution in [1.82, 2.24) is 0 Å². The lowest BCUT2D eigenvalue weighted by molar-refractivity contribution is -0.117. The third-order valence-electron chi connectivity index (χ3n) is 3.09. The second-order valence-electron chi connectivity index (χ2n) is 4.81. The van der Waals surface area contributed by atoms with Crippen molar-refractivity contribution in [3.8, 4) is 0 Å². The summed E-state index contributed by atoms with van der Waals surface area (Å²) in [4.78, 5) is 23.0. The number of aliphatic hydroxyl groups excluding tert-OH is 1. The summed E-state index contributed by atoms with van der Waals surface area (Å²) in [7, 11) is 0. The second kappa shape index (κ2) is 7.96. The molecular weight excluding hydrogens is 295 g/mol. The number of hydrogen-bond acceptors (Lipinski definition) is 3. The highest BCUT2D eigenvalue weighted by molar-refractivity contribution is 6.07. The van der Waals surface area contributed by atoms with Crippen LogP contribution in [0, 0.1) is 5.82 Å². The first kappa shape index (κ1) is 16.5. The van der Waals surface area contributed by atoms with Crippen LogP contribution in [0.5, 0.6) is 0 Å². The molecule has 0 bridgehead atoms. The number of carbonyl (C=O) groups excluding carboxylic acids is 2. The predicted octanol–water partition coefficient (Wildman–Crippen LogP) is 3.30. The molecule has 0 aliphatic carbocycles. The maximum atomic E-state index is 13.5. The highest BCUT2D eigenvalue weighted by Crippen LogP contribution is 2.12. The molecule has 2 aromatic carbocycles. The summed E-state index contributed by atoms with van der Waals surface area (Å²) in [5, 5.41) is 8.66. The molecule has 116 valence electrons. The van der Waals surface area contributed by atoms with E-state index in [4.69, 9.17) is 5.11 Å². The molecule has 2 rings (SSSR count). The first-order chi connectivity index (χ1) is 11.1. The molecule has 0 heterocycles.